The van der Waals surface area contributed by atoms with Crippen LogP contribution in [-0.2, 0) is 17.8 Å². The average molecular weight is 438 g/mol. The predicted octanol–water partition coefficient (Wildman–Crippen LogP) is 4.94. The number of piperidine rings is 1. The van der Waals surface area contributed by atoms with Crippen molar-refractivity contribution in [1.29, 1.82) is 0 Å². The van der Waals surface area contributed by atoms with Gasteiger partial charge in [0, 0.05) is 49.2 Å². The summed E-state index contributed by atoms with van der Waals surface area (Å²) in [5.74, 6) is 0.642. The van der Waals surface area contributed by atoms with Gasteiger partial charge in [-0.05, 0) is 77.6 Å². The molecule has 0 saturated carbocycles. The van der Waals surface area contributed by atoms with Crippen molar-refractivity contribution < 1.29 is 9.53 Å². The van der Waals surface area contributed by atoms with Gasteiger partial charge in [0.05, 0.1) is 5.69 Å². The van der Waals surface area contributed by atoms with E-state index in [9.17, 15) is 4.79 Å². The van der Waals surface area contributed by atoms with E-state index in [-0.39, 0.29) is 12.1 Å². The molecular weight excluding hydrogens is 402 g/mol. The molecule has 32 heavy (non-hydrogen) atoms. The van der Waals surface area contributed by atoms with E-state index in [0.717, 1.165) is 43.9 Å². The van der Waals surface area contributed by atoms with Gasteiger partial charge in [0.25, 0.3) is 0 Å². The fourth-order valence-corrected chi connectivity index (χ4v) is 4.74. The third-order valence-corrected chi connectivity index (χ3v) is 6.15. The summed E-state index contributed by atoms with van der Waals surface area (Å²) >= 11 is 0. The van der Waals surface area contributed by atoms with E-state index in [1.54, 1.807) is 0 Å². The first kappa shape index (κ1) is 22.5. The van der Waals surface area contributed by atoms with Gasteiger partial charge < -0.3 is 15.0 Å². The fraction of sp³-hybridized carbons (Fsp3) is 0.560. The van der Waals surface area contributed by atoms with Crippen LogP contribution in [0.15, 0.2) is 24.4 Å². The van der Waals surface area contributed by atoms with Crippen LogP contribution in [-0.4, -0.2) is 50.1 Å². The molecule has 1 aromatic heterocycles. The Kier molecular flexibility index (Phi) is 6.12. The zero-order valence-electron chi connectivity index (χ0n) is 20.1. The molecule has 2 aliphatic rings. The number of likely N-dealkylation sites (tertiary alicyclic amines) is 1. The molecule has 2 aromatic rings. The molecule has 4 rings (SSSR count). The van der Waals surface area contributed by atoms with Gasteiger partial charge >= 0.3 is 6.09 Å². The Labute approximate surface area is 191 Å². The molecule has 0 bridgehead atoms. The Hall–Kier alpha value is -2.67. The second kappa shape index (κ2) is 8.70. The maximum atomic E-state index is 12.5. The van der Waals surface area contributed by atoms with Gasteiger partial charge in [0.15, 0.2) is 0 Å². The van der Waals surface area contributed by atoms with Crippen molar-refractivity contribution in [1.82, 2.24) is 19.8 Å². The monoisotopic (exact) mass is 437 g/mol. The summed E-state index contributed by atoms with van der Waals surface area (Å²) in [5, 5.41) is 3.35. The van der Waals surface area contributed by atoms with Gasteiger partial charge in [-0.3, -0.25) is 4.90 Å². The number of anilines is 2. The highest BCUT2D eigenvalue weighted by Gasteiger charge is 2.36. The van der Waals surface area contributed by atoms with Crippen LogP contribution in [0, 0.1) is 13.8 Å². The second-order valence-electron chi connectivity index (χ2n) is 10.3. The molecule has 0 aliphatic carbocycles. The summed E-state index contributed by atoms with van der Waals surface area (Å²) in [6.45, 7) is 14.4. The van der Waals surface area contributed by atoms with E-state index < -0.39 is 5.60 Å². The highest BCUT2D eigenvalue weighted by atomic mass is 16.6. The zero-order valence-corrected chi connectivity index (χ0v) is 20.1. The van der Waals surface area contributed by atoms with Crippen LogP contribution in [0.25, 0.3) is 0 Å². The van der Waals surface area contributed by atoms with Crippen LogP contribution < -0.4 is 5.32 Å². The molecule has 1 N–H and O–H groups in total. The standard InChI is InChI=1S/C25H35N5O2/c1-16-9-17(2)11-20(10-16)27-23-26-13-19-14-29(15-22(19)28-23)21-7-8-30(18(3)12-21)24(31)32-25(4,5)6/h9-11,13,18,21H,7-8,12,14-15H2,1-6H3,(H,26,27,28)/t18-,21-/m1/s1. The molecule has 1 amide bonds. The molecule has 1 fully saturated rings. The summed E-state index contributed by atoms with van der Waals surface area (Å²) in [6, 6.07) is 6.95. The molecule has 2 atom stereocenters. The normalized spacial score (nSPS) is 21.4. The second-order valence-corrected chi connectivity index (χ2v) is 10.3. The number of hydrogen-bond acceptors (Lipinski definition) is 6. The molecule has 0 radical (unpaired) electrons. The third-order valence-electron chi connectivity index (χ3n) is 6.15. The number of aryl methyl sites for hydroxylation is 2. The quantitative estimate of drug-likeness (QED) is 0.733. The van der Waals surface area contributed by atoms with Crippen LogP contribution in [0.2, 0.25) is 0 Å². The van der Waals surface area contributed by atoms with Crippen molar-refractivity contribution in [3.05, 3.63) is 46.8 Å². The number of nitrogens with zero attached hydrogens (tertiary/aromatic N) is 4. The van der Waals surface area contributed by atoms with Gasteiger partial charge in [0.1, 0.15) is 5.60 Å². The lowest BCUT2D eigenvalue weighted by Gasteiger charge is -2.41. The van der Waals surface area contributed by atoms with Crippen LogP contribution in [0.3, 0.4) is 0 Å². The first-order valence-corrected chi connectivity index (χ1v) is 11.5. The molecule has 0 unspecified atom stereocenters. The lowest BCUT2D eigenvalue weighted by Crippen LogP contribution is -2.51. The maximum absolute atomic E-state index is 12.5. The van der Waals surface area contributed by atoms with Gasteiger partial charge in [-0.15, -0.1) is 0 Å². The largest absolute Gasteiger partial charge is 0.444 e. The van der Waals surface area contributed by atoms with Crippen molar-refractivity contribution in [3.63, 3.8) is 0 Å². The first-order chi connectivity index (χ1) is 15.1. The minimum absolute atomic E-state index is 0.153. The Morgan fingerprint density at radius 1 is 1.16 bits per heavy atom. The Morgan fingerprint density at radius 2 is 1.88 bits per heavy atom. The third kappa shape index (κ3) is 5.21. The number of aromatic nitrogens is 2. The molecular formula is C25H35N5O2. The fourth-order valence-electron chi connectivity index (χ4n) is 4.74. The molecule has 1 aromatic carbocycles. The molecule has 172 valence electrons. The van der Waals surface area contributed by atoms with E-state index in [1.165, 1.54) is 16.7 Å². The summed E-state index contributed by atoms with van der Waals surface area (Å²) in [7, 11) is 0. The average Bonchev–Trinajstić information content (AvgIpc) is 3.09. The first-order valence-electron chi connectivity index (χ1n) is 11.5. The van der Waals surface area contributed by atoms with Gasteiger partial charge in [-0.2, -0.15) is 0 Å². The van der Waals surface area contributed by atoms with Crippen molar-refractivity contribution >= 4 is 17.7 Å². The lowest BCUT2D eigenvalue weighted by molar-refractivity contribution is 0.000922. The minimum atomic E-state index is -0.466. The molecule has 7 heteroatoms. The van der Waals surface area contributed by atoms with Crippen molar-refractivity contribution in [2.45, 2.75) is 85.2 Å². The van der Waals surface area contributed by atoms with Gasteiger partial charge in [-0.1, -0.05) is 6.07 Å². The zero-order chi connectivity index (χ0) is 23.0. The van der Waals surface area contributed by atoms with Gasteiger partial charge in [0.2, 0.25) is 5.95 Å². The predicted molar refractivity (Wildman–Crippen MR) is 126 cm³/mol. The van der Waals surface area contributed by atoms with E-state index in [4.69, 9.17) is 9.72 Å². The maximum Gasteiger partial charge on any atom is 0.410 e. The molecule has 3 heterocycles. The van der Waals surface area contributed by atoms with Crippen LogP contribution in [0.1, 0.15) is 62.9 Å². The summed E-state index contributed by atoms with van der Waals surface area (Å²) in [5.41, 5.74) is 5.26. The van der Waals surface area contributed by atoms with Crippen molar-refractivity contribution in [3.8, 4) is 0 Å². The highest BCUT2D eigenvalue weighted by Crippen LogP contribution is 2.30. The van der Waals surface area contributed by atoms with Crippen LogP contribution >= 0.6 is 0 Å². The number of nitrogens with one attached hydrogen (secondary N) is 1. The SMILES string of the molecule is Cc1cc(C)cc(Nc2ncc3c(n2)CN([C@@H]2CCN(C(=O)OC(C)(C)C)[C@H](C)C2)C3)c1. The number of carbonyl (C=O) groups excluding carboxylic acids is 1. The number of hydrogen-bond donors (Lipinski definition) is 1. The molecule has 7 nitrogen and oxygen atoms in total. The number of ether oxygens (including phenoxy) is 1. The van der Waals surface area contributed by atoms with E-state index in [2.05, 4.69) is 54.2 Å². The van der Waals surface area contributed by atoms with E-state index >= 15 is 0 Å². The number of benzene rings is 1. The van der Waals surface area contributed by atoms with Crippen molar-refractivity contribution in [2.75, 3.05) is 11.9 Å². The van der Waals surface area contributed by atoms with Crippen molar-refractivity contribution in [2.24, 2.45) is 0 Å². The Bertz CT molecular complexity index is 980. The Morgan fingerprint density at radius 3 is 2.53 bits per heavy atom. The number of carbonyl (C=O) groups is 1. The topological polar surface area (TPSA) is 70.6 Å². The smallest absolute Gasteiger partial charge is 0.410 e. The number of amides is 1. The summed E-state index contributed by atoms with van der Waals surface area (Å²) < 4.78 is 5.58. The lowest BCUT2D eigenvalue weighted by atomic mass is 9.97. The molecule has 0 spiro atoms. The van der Waals surface area contributed by atoms with Crippen LogP contribution in [0.4, 0.5) is 16.4 Å². The summed E-state index contributed by atoms with van der Waals surface area (Å²) in [4.78, 5) is 26.2. The van der Waals surface area contributed by atoms with Crippen LogP contribution in [0.5, 0.6) is 0 Å². The highest BCUT2D eigenvalue weighted by molar-refractivity contribution is 5.68. The summed E-state index contributed by atoms with van der Waals surface area (Å²) in [6.07, 6.45) is 3.63. The van der Waals surface area contributed by atoms with Gasteiger partial charge in [-0.25, -0.2) is 14.8 Å². The number of rotatable bonds is 3. The van der Waals surface area contributed by atoms with E-state index in [0.29, 0.717) is 12.0 Å². The molecule has 1 saturated heterocycles. The Balaban J connectivity index is 1.38. The molecule has 2 aliphatic heterocycles. The van der Waals surface area contributed by atoms with E-state index in [1.807, 2.05) is 31.9 Å². The minimum Gasteiger partial charge on any atom is -0.444 e. The number of fused-ring (bicyclic) bond motifs is 1.